The highest BCUT2D eigenvalue weighted by Gasteiger charge is 2.12. The second-order valence-corrected chi connectivity index (χ2v) is 6.73. The zero-order valence-corrected chi connectivity index (χ0v) is 15.8. The molecular weight excluding hydrogens is 352 g/mol. The van der Waals surface area contributed by atoms with Crippen molar-refractivity contribution in [2.75, 3.05) is 5.32 Å². The van der Waals surface area contributed by atoms with Gasteiger partial charge in [-0.25, -0.2) is 0 Å². The predicted octanol–water partition coefficient (Wildman–Crippen LogP) is 3.78. The van der Waals surface area contributed by atoms with E-state index in [1.165, 1.54) is 24.0 Å². The molecular formula is C22H22N4O2. The average Bonchev–Trinajstić information content (AvgIpc) is 2.73. The Bertz CT molecular complexity index is 954. The second kappa shape index (κ2) is 8.90. The molecule has 0 bridgehead atoms. The van der Waals surface area contributed by atoms with Crippen molar-refractivity contribution in [3.8, 4) is 0 Å². The van der Waals surface area contributed by atoms with Crippen molar-refractivity contribution < 1.29 is 9.59 Å². The van der Waals surface area contributed by atoms with E-state index in [0.29, 0.717) is 29.3 Å². The monoisotopic (exact) mass is 374 g/mol. The van der Waals surface area contributed by atoms with Crippen LogP contribution in [0.2, 0.25) is 0 Å². The molecule has 6 heteroatoms. The Morgan fingerprint density at radius 3 is 2.18 bits per heavy atom. The first-order valence-electron chi connectivity index (χ1n) is 9.06. The van der Waals surface area contributed by atoms with Crippen molar-refractivity contribution in [3.63, 3.8) is 0 Å². The van der Waals surface area contributed by atoms with Crippen LogP contribution in [0.4, 0.5) is 5.69 Å². The van der Waals surface area contributed by atoms with Crippen LogP contribution in [0.15, 0.2) is 67.3 Å². The fraction of sp³-hybridized carbons (Fsp3) is 0.182. The lowest BCUT2D eigenvalue weighted by atomic mass is 10.0. The number of benzene rings is 1. The molecule has 0 fully saturated rings. The second-order valence-electron chi connectivity index (χ2n) is 6.73. The van der Waals surface area contributed by atoms with Crippen molar-refractivity contribution in [1.82, 2.24) is 15.3 Å². The Hall–Kier alpha value is -3.54. The van der Waals surface area contributed by atoms with Crippen LogP contribution in [0.25, 0.3) is 0 Å². The van der Waals surface area contributed by atoms with Gasteiger partial charge in [-0.3, -0.25) is 19.6 Å². The lowest BCUT2D eigenvalue weighted by Gasteiger charge is -2.09. The van der Waals surface area contributed by atoms with E-state index in [1.807, 2.05) is 36.4 Å². The van der Waals surface area contributed by atoms with Crippen LogP contribution in [-0.4, -0.2) is 21.8 Å². The maximum Gasteiger partial charge on any atom is 0.257 e. The van der Waals surface area contributed by atoms with Gasteiger partial charge in [0, 0.05) is 37.0 Å². The number of hydrogen-bond acceptors (Lipinski definition) is 4. The molecule has 2 aromatic heterocycles. The number of anilines is 1. The number of nitrogens with one attached hydrogen (secondary N) is 2. The van der Waals surface area contributed by atoms with E-state index < -0.39 is 0 Å². The van der Waals surface area contributed by atoms with Crippen LogP contribution in [0.1, 0.15) is 51.6 Å². The third kappa shape index (κ3) is 5.01. The normalized spacial score (nSPS) is 10.5. The topological polar surface area (TPSA) is 84.0 Å². The summed E-state index contributed by atoms with van der Waals surface area (Å²) in [5.41, 5.74) is 3.49. The molecule has 0 unspecified atom stereocenters. The first kappa shape index (κ1) is 19.2. The standard InChI is InChI=1S/C22H22N4O2/c1-15(2)17-3-5-20(6-4-17)26-22(28)19-11-18(13-24-14-19)21(27)25-12-16-7-9-23-10-8-16/h3-11,13-15H,12H2,1-2H3,(H,25,27)(H,26,28). The zero-order chi connectivity index (χ0) is 19.9. The number of carbonyl (C=O) groups is 2. The molecule has 0 saturated heterocycles. The number of aromatic nitrogens is 2. The minimum Gasteiger partial charge on any atom is -0.348 e. The van der Waals surface area contributed by atoms with E-state index in [-0.39, 0.29) is 11.8 Å². The summed E-state index contributed by atoms with van der Waals surface area (Å²) in [6, 6.07) is 12.9. The summed E-state index contributed by atoms with van der Waals surface area (Å²) in [5, 5.41) is 5.64. The summed E-state index contributed by atoms with van der Waals surface area (Å²) >= 11 is 0. The van der Waals surface area contributed by atoms with Crippen molar-refractivity contribution >= 4 is 17.5 Å². The van der Waals surface area contributed by atoms with E-state index in [9.17, 15) is 9.59 Å². The van der Waals surface area contributed by atoms with E-state index in [0.717, 1.165) is 5.56 Å². The van der Waals surface area contributed by atoms with Gasteiger partial charge in [-0.05, 0) is 47.4 Å². The van der Waals surface area contributed by atoms with E-state index in [1.54, 1.807) is 12.4 Å². The molecule has 0 aliphatic rings. The van der Waals surface area contributed by atoms with Gasteiger partial charge < -0.3 is 10.6 Å². The lowest BCUT2D eigenvalue weighted by Crippen LogP contribution is -2.23. The molecule has 0 spiro atoms. The van der Waals surface area contributed by atoms with E-state index in [4.69, 9.17) is 0 Å². The van der Waals surface area contributed by atoms with E-state index >= 15 is 0 Å². The Balaban J connectivity index is 1.64. The summed E-state index contributed by atoms with van der Waals surface area (Å²) < 4.78 is 0. The molecule has 6 nitrogen and oxygen atoms in total. The van der Waals surface area contributed by atoms with Crippen LogP contribution in [0, 0.1) is 0 Å². The third-order valence-electron chi connectivity index (χ3n) is 4.30. The third-order valence-corrected chi connectivity index (χ3v) is 4.30. The summed E-state index contributed by atoms with van der Waals surface area (Å²) in [4.78, 5) is 32.8. The molecule has 142 valence electrons. The molecule has 3 aromatic rings. The molecule has 3 rings (SSSR count). The maximum atomic E-state index is 12.5. The van der Waals surface area contributed by atoms with Gasteiger partial charge >= 0.3 is 0 Å². The largest absolute Gasteiger partial charge is 0.348 e. The highest BCUT2D eigenvalue weighted by Crippen LogP contribution is 2.17. The average molecular weight is 374 g/mol. The summed E-state index contributed by atoms with van der Waals surface area (Å²) in [6.45, 7) is 4.61. The van der Waals surface area contributed by atoms with Gasteiger partial charge in [-0.2, -0.15) is 0 Å². The number of amides is 2. The SMILES string of the molecule is CC(C)c1ccc(NC(=O)c2cncc(C(=O)NCc3ccncc3)c2)cc1. The van der Waals surface area contributed by atoms with Crippen molar-refractivity contribution in [2.24, 2.45) is 0 Å². The van der Waals surface area contributed by atoms with Crippen LogP contribution < -0.4 is 10.6 Å². The van der Waals surface area contributed by atoms with Crippen molar-refractivity contribution in [1.29, 1.82) is 0 Å². The molecule has 1 aromatic carbocycles. The van der Waals surface area contributed by atoms with Gasteiger partial charge in [0.2, 0.25) is 0 Å². The Labute approximate surface area is 164 Å². The summed E-state index contributed by atoms with van der Waals surface area (Å²) in [6.07, 6.45) is 6.22. The molecule has 0 saturated carbocycles. The molecule has 0 atom stereocenters. The molecule has 2 heterocycles. The minimum absolute atomic E-state index is 0.291. The van der Waals surface area contributed by atoms with Gasteiger partial charge in [-0.1, -0.05) is 26.0 Å². The zero-order valence-electron chi connectivity index (χ0n) is 15.8. The quantitative estimate of drug-likeness (QED) is 0.688. The highest BCUT2D eigenvalue weighted by molar-refractivity contribution is 6.05. The Morgan fingerprint density at radius 2 is 1.54 bits per heavy atom. The predicted molar refractivity (Wildman–Crippen MR) is 108 cm³/mol. The first-order chi connectivity index (χ1) is 13.5. The van der Waals surface area contributed by atoms with Gasteiger partial charge in [0.15, 0.2) is 0 Å². The lowest BCUT2D eigenvalue weighted by molar-refractivity contribution is 0.0950. The number of nitrogens with zero attached hydrogens (tertiary/aromatic N) is 2. The van der Waals surface area contributed by atoms with Gasteiger partial charge in [0.25, 0.3) is 11.8 Å². The summed E-state index contributed by atoms with van der Waals surface area (Å²) in [5.74, 6) is -0.176. The smallest absolute Gasteiger partial charge is 0.257 e. The molecule has 0 aliphatic heterocycles. The van der Waals surface area contributed by atoms with E-state index in [2.05, 4.69) is 34.4 Å². The number of hydrogen-bond donors (Lipinski definition) is 2. The van der Waals surface area contributed by atoms with Gasteiger partial charge in [0.1, 0.15) is 0 Å². The maximum absolute atomic E-state index is 12.5. The number of rotatable bonds is 6. The fourth-order valence-electron chi connectivity index (χ4n) is 2.63. The first-order valence-corrected chi connectivity index (χ1v) is 9.06. The van der Waals surface area contributed by atoms with Crippen LogP contribution in [-0.2, 0) is 6.54 Å². The van der Waals surface area contributed by atoms with Crippen LogP contribution in [0.3, 0.4) is 0 Å². The van der Waals surface area contributed by atoms with Crippen molar-refractivity contribution in [2.45, 2.75) is 26.3 Å². The molecule has 0 radical (unpaired) electrons. The molecule has 2 N–H and O–H groups in total. The van der Waals surface area contributed by atoms with Crippen LogP contribution in [0.5, 0.6) is 0 Å². The summed E-state index contributed by atoms with van der Waals surface area (Å²) in [7, 11) is 0. The van der Waals surface area contributed by atoms with Crippen molar-refractivity contribution in [3.05, 3.63) is 89.5 Å². The molecule has 2 amide bonds. The van der Waals surface area contributed by atoms with Gasteiger partial charge in [0.05, 0.1) is 11.1 Å². The number of carbonyl (C=O) groups excluding carboxylic acids is 2. The highest BCUT2D eigenvalue weighted by atomic mass is 16.2. The Morgan fingerprint density at radius 1 is 0.893 bits per heavy atom. The fourth-order valence-corrected chi connectivity index (χ4v) is 2.63. The molecule has 0 aliphatic carbocycles. The Kier molecular flexibility index (Phi) is 6.11. The van der Waals surface area contributed by atoms with Crippen LogP contribution >= 0.6 is 0 Å². The minimum atomic E-state index is -0.311. The molecule has 28 heavy (non-hydrogen) atoms. The van der Waals surface area contributed by atoms with Gasteiger partial charge in [-0.15, -0.1) is 0 Å². The number of pyridine rings is 2.